The van der Waals surface area contributed by atoms with Crippen LogP contribution in [0.25, 0.3) is 0 Å². The van der Waals surface area contributed by atoms with Crippen LogP contribution in [0.1, 0.15) is 32.1 Å². The lowest BCUT2D eigenvalue weighted by Gasteiger charge is -2.20. The molecule has 1 heterocycles. The fourth-order valence-corrected chi connectivity index (χ4v) is 2.66. The van der Waals surface area contributed by atoms with Crippen molar-refractivity contribution in [3.05, 3.63) is 0 Å². The maximum absolute atomic E-state index is 10.6. The number of rotatable bonds is 1. The summed E-state index contributed by atoms with van der Waals surface area (Å²) in [6.07, 6.45) is 5.83. The first kappa shape index (κ1) is 8.05. The van der Waals surface area contributed by atoms with Crippen LogP contribution in [0.4, 0.5) is 0 Å². The lowest BCUT2D eigenvalue weighted by atomic mass is 9.85. The molecule has 3 heteroatoms. The molecule has 0 amide bonds. The Labute approximate surface area is 72.2 Å². The highest BCUT2D eigenvalue weighted by molar-refractivity contribution is 5.69. The van der Waals surface area contributed by atoms with E-state index in [0.29, 0.717) is 12.0 Å². The summed E-state index contributed by atoms with van der Waals surface area (Å²) in [5.41, 5.74) is 0. The minimum absolute atomic E-state index is 0.252. The van der Waals surface area contributed by atoms with Crippen LogP contribution in [-0.4, -0.2) is 18.1 Å². The summed E-state index contributed by atoms with van der Waals surface area (Å²) in [5, 5.41) is 12.6. The average molecular weight is 169 g/mol. The molecule has 1 saturated heterocycles. The minimum Gasteiger partial charge on any atom is -0.544 e. The Morgan fingerprint density at radius 3 is 2.75 bits per heavy atom. The molecule has 2 N–H and O–H groups in total. The van der Waals surface area contributed by atoms with Gasteiger partial charge in [-0.3, -0.25) is 0 Å². The molecule has 0 unspecified atom stereocenters. The molecule has 68 valence electrons. The van der Waals surface area contributed by atoms with Gasteiger partial charge in [-0.05, 0) is 19.3 Å². The number of nitrogens with two attached hydrogens (primary N) is 1. The van der Waals surface area contributed by atoms with Crippen molar-refractivity contribution in [3.8, 4) is 0 Å². The molecule has 12 heavy (non-hydrogen) atoms. The highest BCUT2D eigenvalue weighted by atomic mass is 16.4. The molecule has 1 saturated carbocycles. The van der Waals surface area contributed by atoms with Gasteiger partial charge in [0.2, 0.25) is 0 Å². The van der Waals surface area contributed by atoms with Crippen LogP contribution in [0.5, 0.6) is 0 Å². The van der Waals surface area contributed by atoms with Crippen molar-refractivity contribution in [1.29, 1.82) is 0 Å². The number of hydrogen-bond donors (Lipinski definition) is 1. The van der Waals surface area contributed by atoms with Crippen LogP contribution < -0.4 is 10.4 Å². The highest BCUT2D eigenvalue weighted by Gasteiger charge is 2.39. The van der Waals surface area contributed by atoms with E-state index < -0.39 is 5.97 Å². The minimum atomic E-state index is -0.871. The van der Waals surface area contributed by atoms with Gasteiger partial charge < -0.3 is 15.2 Å². The predicted molar refractivity (Wildman–Crippen MR) is 41.1 cm³/mol. The van der Waals surface area contributed by atoms with Crippen LogP contribution in [-0.2, 0) is 4.79 Å². The van der Waals surface area contributed by atoms with Gasteiger partial charge in [0.25, 0.3) is 0 Å². The van der Waals surface area contributed by atoms with E-state index in [4.69, 9.17) is 0 Å². The van der Waals surface area contributed by atoms with Gasteiger partial charge in [-0.1, -0.05) is 6.42 Å². The molecule has 0 radical (unpaired) electrons. The zero-order valence-electron chi connectivity index (χ0n) is 7.16. The topological polar surface area (TPSA) is 56.7 Å². The first-order valence-electron chi connectivity index (χ1n) is 4.83. The Hall–Kier alpha value is -0.570. The molecular formula is C9H15NO2. The number of fused-ring (bicyclic) bond motifs is 1. The van der Waals surface area contributed by atoms with Crippen molar-refractivity contribution < 1.29 is 15.2 Å². The van der Waals surface area contributed by atoms with Crippen molar-refractivity contribution in [3.63, 3.8) is 0 Å². The molecule has 1 aliphatic heterocycles. The van der Waals surface area contributed by atoms with Gasteiger partial charge in [0.05, 0.1) is 12.0 Å². The third-order valence-corrected chi connectivity index (χ3v) is 3.31. The fraction of sp³-hybridized carbons (Fsp3) is 0.889. The number of hydrogen-bond acceptors (Lipinski definition) is 2. The summed E-state index contributed by atoms with van der Waals surface area (Å²) < 4.78 is 0. The molecule has 2 aliphatic rings. The largest absolute Gasteiger partial charge is 0.544 e. The molecule has 0 spiro atoms. The Morgan fingerprint density at radius 2 is 2.08 bits per heavy atom. The Balaban J connectivity index is 1.98. The maximum Gasteiger partial charge on any atom is 0.127 e. The van der Waals surface area contributed by atoms with E-state index in [-0.39, 0.29) is 6.04 Å². The molecule has 0 aromatic rings. The van der Waals surface area contributed by atoms with E-state index >= 15 is 0 Å². The van der Waals surface area contributed by atoms with Crippen molar-refractivity contribution in [1.82, 2.24) is 0 Å². The summed E-state index contributed by atoms with van der Waals surface area (Å²) in [6.45, 7) is 0. The second-order valence-electron chi connectivity index (χ2n) is 4.06. The monoisotopic (exact) mass is 169 g/mol. The van der Waals surface area contributed by atoms with Gasteiger partial charge in [-0.2, -0.15) is 0 Å². The summed E-state index contributed by atoms with van der Waals surface area (Å²) in [4.78, 5) is 10.6. The normalized spacial score (nSPS) is 40.8. The molecule has 3 atom stereocenters. The number of carbonyl (C=O) groups excluding carboxylic acids is 1. The quantitative estimate of drug-likeness (QED) is 0.526. The number of carboxylic acids is 1. The van der Waals surface area contributed by atoms with Crippen molar-refractivity contribution in [2.24, 2.45) is 5.92 Å². The van der Waals surface area contributed by atoms with Gasteiger partial charge >= 0.3 is 0 Å². The Bertz CT molecular complexity index is 179. The van der Waals surface area contributed by atoms with E-state index in [1.165, 1.54) is 25.7 Å². The van der Waals surface area contributed by atoms with Crippen LogP contribution in [0, 0.1) is 5.92 Å². The number of carboxylic acid groups (broad SMARTS) is 1. The molecule has 3 nitrogen and oxygen atoms in total. The molecule has 0 aromatic heterocycles. The third kappa shape index (κ3) is 1.33. The molecule has 0 bridgehead atoms. The average Bonchev–Trinajstić information content (AvgIpc) is 2.46. The zero-order valence-corrected chi connectivity index (χ0v) is 7.16. The van der Waals surface area contributed by atoms with Gasteiger partial charge in [-0.25, -0.2) is 0 Å². The van der Waals surface area contributed by atoms with Crippen LogP contribution in [0.15, 0.2) is 0 Å². The van der Waals surface area contributed by atoms with E-state index in [2.05, 4.69) is 0 Å². The van der Waals surface area contributed by atoms with Crippen molar-refractivity contribution in [2.45, 2.75) is 44.2 Å². The van der Waals surface area contributed by atoms with E-state index in [0.717, 1.165) is 6.42 Å². The smallest absolute Gasteiger partial charge is 0.127 e. The molecule has 2 fully saturated rings. The number of aliphatic carboxylic acids is 1. The Morgan fingerprint density at radius 1 is 1.33 bits per heavy atom. The number of carbonyl (C=O) groups is 1. The standard InChI is InChI=1S/C9H15NO2/c11-9(12)8-5-6-3-1-2-4-7(6)10-8/h6-8,10H,1-5H2,(H,11,12)/t6-,7+,8-/m1/s1. The molecule has 1 aliphatic carbocycles. The maximum atomic E-state index is 10.6. The van der Waals surface area contributed by atoms with Crippen LogP contribution in [0.3, 0.4) is 0 Å². The van der Waals surface area contributed by atoms with Gasteiger partial charge in [0.15, 0.2) is 0 Å². The zero-order chi connectivity index (χ0) is 8.55. The van der Waals surface area contributed by atoms with E-state index in [9.17, 15) is 9.90 Å². The van der Waals surface area contributed by atoms with Gasteiger partial charge in [-0.15, -0.1) is 0 Å². The van der Waals surface area contributed by atoms with Crippen LogP contribution >= 0.6 is 0 Å². The second kappa shape index (κ2) is 3.05. The SMILES string of the molecule is O=C([O-])[C@H]1C[C@H]2CCCC[C@@H]2[NH2+]1. The van der Waals surface area contributed by atoms with Crippen molar-refractivity contribution >= 4 is 5.97 Å². The number of quaternary nitrogens is 1. The third-order valence-electron chi connectivity index (χ3n) is 3.31. The van der Waals surface area contributed by atoms with Crippen LogP contribution in [0.2, 0.25) is 0 Å². The van der Waals surface area contributed by atoms with Gasteiger partial charge in [0.1, 0.15) is 6.04 Å². The summed E-state index contributed by atoms with van der Waals surface area (Å²) >= 11 is 0. The van der Waals surface area contributed by atoms with Gasteiger partial charge in [0, 0.05) is 12.3 Å². The van der Waals surface area contributed by atoms with E-state index in [1.807, 2.05) is 5.32 Å². The first-order chi connectivity index (χ1) is 5.77. The summed E-state index contributed by atoms with van der Waals surface area (Å²) in [7, 11) is 0. The summed E-state index contributed by atoms with van der Waals surface area (Å²) in [5.74, 6) is -0.217. The highest BCUT2D eigenvalue weighted by Crippen LogP contribution is 2.28. The summed E-state index contributed by atoms with van der Waals surface area (Å²) in [6, 6.07) is 0.333. The molecular weight excluding hydrogens is 154 g/mol. The molecule has 0 aromatic carbocycles. The Kier molecular flexibility index (Phi) is 2.05. The first-order valence-corrected chi connectivity index (χ1v) is 4.83. The van der Waals surface area contributed by atoms with E-state index in [1.54, 1.807) is 0 Å². The fourth-order valence-electron chi connectivity index (χ4n) is 2.66. The molecule has 2 rings (SSSR count). The predicted octanol–water partition coefficient (Wildman–Crippen LogP) is -1.37. The lowest BCUT2D eigenvalue weighted by Crippen LogP contribution is -2.94. The second-order valence-corrected chi connectivity index (χ2v) is 4.06. The van der Waals surface area contributed by atoms with Crippen molar-refractivity contribution in [2.75, 3.05) is 0 Å². The lowest BCUT2D eigenvalue weighted by molar-refractivity contribution is -0.699.